The van der Waals surface area contributed by atoms with Crippen LogP contribution in [0.4, 0.5) is 4.39 Å². The summed E-state index contributed by atoms with van der Waals surface area (Å²) in [6.07, 6.45) is 0. The Hall–Kier alpha value is -1.42. The number of carboxylic acid groups (broad SMARTS) is 1. The lowest BCUT2D eigenvalue weighted by Crippen LogP contribution is -2.39. The van der Waals surface area contributed by atoms with Crippen LogP contribution in [0.3, 0.4) is 0 Å². The number of carbonyl (C=O) groups is 1. The lowest BCUT2D eigenvalue weighted by atomic mass is 9.79. The molecule has 0 bridgehead atoms. The molecule has 0 radical (unpaired) electrons. The molecule has 0 aliphatic rings. The maximum atomic E-state index is 13.8. The molecule has 1 rings (SSSR count). The van der Waals surface area contributed by atoms with Gasteiger partial charge in [0.05, 0.1) is 11.5 Å². The van der Waals surface area contributed by atoms with Crippen molar-refractivity contribution in [2.24, 2.45) is 5.41 Å². The molecular weight excluding hydrogens is 221 g/mol. The minimum atomic E-state index is -1.06. The molecule has 94 valence electrons. The molecule has 0 saturated heterocycles. The van der Waals surface area contributed by atoms with Gasteiger partial charge in [-0.15, -0.1) is 0 Å². The third-order valence-electron chi connectivity index (χ3n) is 2.95. The topological polar surface area (TPSA) is 40.5 Å². The van der Waals surface area contributed by atoms with Crippen LogP contribution < -0.4 is 0 Å². The number of nitrogens with zero attached hydrogens (tertiary/aromatic N) is 1. The first-order valence-corrected chi connectivity index (χ1v) is 5.42. The van der Waals surface area contributed by atoms with E-state index >= 15 is 0 Å². The highest BCUT2D eigenvalue weighted by Crippen LogP contribution is 2.38. The highest BCUT2D eigenvalue weighted by atomic mass is 19.1. The molecule has 0 aromatic heterocycles. The molecule has 3 nitrogen and oxygen atoms in total. The molecule has 0 aliphatic carbocycles. The second-order valence-electron chi connectivity index (χ2n) is 4.91. The molecule has 0 fully saturated rings. The molecule has 0 spiro atoms. The van der Waals surface area contributed by atoms with Crippen LogP contribution in [-0.4, -0.2) is 30.1 Å². The van der Waals surface area contributed by atoms with E-state index in [0.717, 1.165) is 0 Å². The molecule has 1 N–H and O–H groups in total. The second kappa shape index (κ2) is 4.84. The van der Waals surface area contributed by atoms with Crippen LogP contribution in [-0.2, 0) is 4.79 Å². The highest BCUT2D eigenvalue weighted by molar-refractivity contribution is 5.75. The van der Waals surface area contributed by atoms with Gasteiger partial charge in [0, 0.05) is 5.56 Å². The smallest absolute Gasteiger partial charge is 0.311 e. The summed E-state index contributed by atoms with van der Waals surface area (Å²) in [5.41, 5.74) is -0.656. The SMILES string of the molecule is CN(C)C(c1ccccc1F)C(C)(C)C(=O)O. The van der Waals surface area contributed by atoms with Crippen molar-refractivity contribution in [3.05, 3.63) is 35.6 Å². The third-order valence-corrected chi connectivity index (χ3v) is 2.95. The predicted octanol–water partition coefficient (Wildman–Crippen LogP) is 2.54. The van der Waals surface area contributed by atoms with Gasteiger partial charge in [-0.25, -0.2) is 4.39 Å². The number of halogens is 1. The van der Waals surface area contributed by atoms with Crippen molar-refractivity contribution in [3.8, 4) is 0 Å². The van der Waals surface area contributed by atoms with Gasteiger partial charge in [0.1, 0.15) is 5.82 Å². The van der Waals surface area contributed by atoms with E-state index in [-0.39, 0.29) is 5.82 Å². The third kappa shape index (κ3) is 2.64. The van der Waals surface area contributed by atoms with Crippen LogP contribution in [0.2, 0.25) is 0 Å². The summed E-state index contributed by atoms with van der Waals surface area (Å²) in [7, 11) is 3.50. The number of rotatable bonds is 4. The van der Waals surface area contributed by atoms with Gasteiger partial charge in [0.25, 0.3) is 0 Å². The zero-order chi connectivity index (χ0) is 13.2. The summed E-state index contributed by atoms with van der Waals surface area (Å²) in [6, 6.07) is 5.78. The van der Waals surface area contributed by atoms with Gasteiger partial charge in [-0.1, -0.05) is 18.2 Å². The van der Waals surface area contributed by atoms with Gasteiger partial charge >= 0.3 is 5.97 Å². The lowest BCUT2D eigenvalue weighted by molar-refractivity contribution is -0.150. The second-order valence-corrected chi connectivity index (χ2v) is 4.91. The van der Waals surface area contributed by atoms with Gasteiger partial charge in [0.15, 0.2) is 0 Å². The molecule has 1 aromatic rings. The molecule has 0 heterocycles. The van der Waals surface area contributed by atoms with Crippen molar-refractivity contribution in [3.63, 3.8) is 0 Å². The largest absolute Gasteiger partial charge is 0.481 e. The number of carboxylic acids is 1. The molecular formula is C13H18FNO2. The van der Waals surface area contributed by atoms with Crippen LogP contribution >= 0.6 is 0 Å². The number of hydrogen-bond acceptors (Lipinski definition) is 2. The van der Waals surface area contributed by atoms with Crippen molar-refractivity contribution >= 4 is 5.97 Å². The van der Waals surface area contributed by atoms with E-state index in [4.69, 9.17) is 0 Å². The Kier molecular flexibility index (Phi) is 3.88. The molecule has 1 unspecified atom stereocenters. The van der Waals surface area contributed by atoms with Crippen molar-refractivity contribution in [1.29, 1.82) is 0 Å². The molecule has 0 aliphatic heterocycles. The normalized spacial score (nSPS) is 13.8. The first-order valence-electron chi connectivity index (χ1n) is 5.42. The summed E-state index contributed by atoms with van der Waals surface area (Å²) in [5, 5.41) is 9.26. The zero-order valence-electron chi connectivity index (χ0n) is 10.6. The Labute approximate surface area is 101 Å². The number of aliphatic carboxylic acids is 1. The molecule has 1 atom stereocenters. The van der Waals surface area contributed by atoms with Crippen LogP contribution in [0.5, 0.6) is 0 Å². The average molecular weight is 239 g/mol. The first-order chi connectivity index (χ1) is 7.78. The van der Waals surface area contributed by atoms with E-state index in [2.05, 4.69) is 0 Å². The summed E-state index contributed by atoms with van der Waals surface area (Å²) in [5.74, 6) is -1.32. The van der Waals surface area contributed by atoms with Gasteiger partial charge < -0.3 is 10.0 Å². The number of benzene rings is 1. The van der Waals surface area contributed by atoms with Crippen LogP contribution in [0.1, 0.15) is 25.5 Å². The van der Waals surface area contributed by atoms with Gasteiger partial charge in [-0.2, -0.15) is 0 Å². The summed E-state index contributed by atoms with van der Waals surface area (Å²) in [4.78, 5) is 13.0. The maximum absolute atomic E-state index is 13.8. The lowest BCUT2D eigenvalue weighted by Gasteiger charge is -2.36. The Morgan fingerprint density at radius 3 is 2.29 bits per heavy atom. The fourth-order valence-corrected chi connectivity index (χ4v) is 2.13. The molecule has 0 amide bonds. The molecule has 17 heavy (non-hydrogen) atoms. The summed E-state index contributed by atoms with van der Waals surface area (Å²) in [6.45, 7) is 3.21. The van der Waals surface area contributed by atoms with E-state index in [0.29, 0.717) is 5.56 Å². The Bertz CT molecular complexity index is 416. The van der Waals surface area contributed by atoms with Crippen LogP contribution in [0.25, 0.3) is 0 Å². The first kappa shape index (κ1) is 13.6. The Morgan fingerprint density at radius 1 is 1.35 bits per heavy atom. The van der Waals surface area contributed by atoms with Crippen LogP contribution in [0.15, 0.2) is 24.3 Å². The fourth-order valence-electron chi connectivity index (χ4n) is 2.13. The van der Waals surface area contributed by atoms with Crippen molar-refractivity contribution in [2.75, 3.05) is 14.1 Å². The average Bonchev–Trinajstić information content (AvgIpc) is 2.20. The van der Waals surface area contributed by atoms with E-state index in [1.807, 2.05) is 0 Å². The van der Waals surface area contributed by atoms with Crippen molar-refractivity contribution in [1.82, 2.24) is 4.90 Å². The minimum absolute atomic E-state index is 0.375. The standard InChI is InChI=1S/C13H18FNO2/c1-13(2,12(16)17)11(15(3)4)9-7-5-6-8-10(9)14/h5-8,11H,1-4H3,(H,16,17). The molecule has 1 aromatic carbocycles. The fraction of sp³-hybridized carbons (Fsp3) is 0.462. The monoisotopic (exact) mass is 239 g/mol. The summed E-state index contributed by atoms with van der Waals surface area (Å²) >= 11 is 0. The van der Waals surface area contributed by atoms with Gasteiger partial charge in [-0.3, -0.25) is 4.79 Å². The number of hydrogen-bond donors (Lipinski definition) is 1. The Morgan fingerprint density at radius 2 is 1.88 bits per heavy atom. The van der Waals surface area contributed by atoms with E-state index < -0.39 is 17.4 Å². The van der Waals surface area contributed by atoms with Gasteiger partial charge in [0.2, 0.25) is 0 Å². The van der Waals surface area contributed by atoms with E-state index in [9.17, 15) is 14.3 Å². The highest BCUT2D eigenvalue weighted by Gasteiger charge is 2.40. The Balaban J connectivity index is 3.29. The van der Waals surface area contributed by atoms with Crippen molar-refractivity contribution in [2.45, 2.75) is 19.9 Å². The zero-order valence-corrected chi connectivity index (χ0v) is 10.6. The maximum Gasteiger partial charge on any atom is 0.311 e. The van der Waals surface area contributed by atoms with Crippen LogP contribution in [0, 0.1) is 11.2 Å². The summed E-state index contributed by atoms with van der Waals surface area (Å²) < 4.78 is 13.8. The van der Waals surface area contributed by atoms with E-state index in [1.54, 1.807) is 51.0 Å². The predicted molar refractivity (Wildman–Crippen MR) is 64.2 cm³/mol. The molecule has 4 heteroatoms. The van der Waals surface area contributed by atoms with Crippen molar-refractivity contribution < 1.29 is 14.3 Å². The minimum Gasteiger partial charge on any atom is -0.481 e. The van der Waals surface area contributed by atoms with Gasteiger partial charge in [-0.05, 0) is 34.0 Å². The molecule has 0 saturated carbocycles. The van der Waals surface area contributed by atoms with E-state index in [1.165, 1.54) is 6.07 Å². The quantitative estimate of drug-likeness (QED) is 0.877.